The van der Waals surface area contributed by atoms with E-state index in [-0.39, 0.29) is 24.0 Å². The summed E-state index contributed by atoms with van der Waals surface area (Å²) in [7, 11) is 2.14. The quantitative estimate of drug-likeness (QED) is 0.409. The number of nitrogens with one attached hydrogen (secondary N) is 1. The number of hydrogen-bond acceptors (Lipinski definition) is 4. The van der Waals surface area contributed by atoms with E-state index < -0.39 is 0 Å². The summed E-state index contributed by atoms with van der Waals surface area (Å²) in [6.45, 7) is 12.4. The summed E-state index contributed by atoms with van der Waals surface area (Å²) in [6, 6.07) is 4.34. The van der Waals surface area contributed by atoms with Crippen molar-refractivity contribution >= 4 is 46.3 Å². The second-order valence-corrected chi connectivity index (χ2v) is 6.48. The van der Waals surface area contributed by atoms with Gasteiger partial charge >= 0.3 is 0 Å². The number of piperazine rings is 1. The van der Waals surface area contributed by atoms with E-state index in [0.29, 0.717) is 0 Å². The Labute approximate surface area is 161 Å². The average Bonchev–Trinajstić information content (AvgIpc) is 3.08. The second kappa shape index (κ2) is 11.1. The van der Waals surface area contributed by atoms with Crippen LogP contribution in [-0.4, -0.2) is 75.2 Å². The predicted octanol–water partition coefficient (Wildman–Crippen LogP) is 2.41. The highest BCUT2D eigenvalue weighted by atomic mass is 127. The minimum Gasteiger partial charge on any atom is -0.360 e. The predicted molar refractivity (Wildman–Crippen MR) is 113 cm³/mol. The van der Waals surface area contributed by atoms with E-state index in [1.54, 1.807) is 0 Å². The zero-order valence-electron chi connectivity index (χ0n) is 14.5. The van der Waals surface area contributed by atoms with E-state index >= 15 is 0 Å². The smallest absolute Gasteiger partial charge is 0.194 e. The fourth-order valence-electron chi connectivity index (χ4n) is 2.50. The Kier molecular flexibility index (Phi) is 9.89. The third kappa shape index (κ3) is 6.46. The maximum atomic E-state index is 4.79. The van der Waals surface area contributed by atoms with Crippen molar-refractivity contribution in [3.63, 3.8) is 0 Å². The van der Waals surface area contributed by atoms with Gasteiger partial charge in [0.25, 0.3) is 0 Å². The highest BCUT2D eigenvalue weighted by Crippen LogP contribution is 2.22. The summed E-state index contributed by atoms with van der Waals surface area (Å²) in [5, 5.41) is 6.97. The van der Waals surface area contributed by atoms with Crippen LogP contribution in [-0.2, 0) is 0 Å². The summed E-state index contributed by atoms with van der Waals surface area (Å²) in [5.74, 6) is 1.07. The van der Waals surface area contributed by atoms with Gasteiger partial charge in [0.05, 0.1) is 11.5 Å². The summed E-state index contributed by atoms with van der Waals surface area (Å²) < 4.78 is 0. The van der Waals surface area contributed by atoms with Crippen LogP contribution in [0.4, 0.5) is 5.00 Å². The Morgan fingerprint density at radius 1 is 1.30 bits per heavy atom. The van der Waals surface area contributed by atoms with Crippen LogP contribution in [0.2, 0.25) is 0 Å². The lowest BCUT2D eigenvalue weighted by atomic mass is 10.3. The molecule has 0 unspecified atom stereocenters. The molecule has 0 spiro atoms. The van der Waals surface area contributed by atoms with Gasteiger partial charge in [0.1, 0.15) is 0 Å². The van der Waals surface area contributed by atoms with Crippen LogP contribution in [0, 0.1) is 0 Å². The van der Waals surface area contributed by atoms with Gasteiger partial charge in [-0.2, -0.15) is 0 Å². The standard InChI is InChI=1S/C16H29N5S.HI/c1-4-17-16(18-8-9-19(3)5-2)21-12-10-20(11-13-21)15-7-6-14-22-15;/h6-7,14H,4-5,8-13H2,1-3H3,(H,17,18);1H. The maximum Gasteiger partial charge on any atom is 0.194 e. The number of hydrogen-bond donors (Lipinski definition) is 1. The van der Waals surface area contributed by atoms with E-state index in [4.69, 9.17) is 4.99 Å². The molecule has 1 aromatic rings. The van der Waals surface area contributed by atoms with Gasteiger partial charge in [-0.1, -0.05) is 6.92 Å². The van der Waals surface area contributed by atoms with Crippen molar-refractivity contribution in [2.75, 3.05) is 64.3 Å². The molecule has 7 heteroatoms. The minimum atomic E-state index is 0. The van der Waals surface area contributed by atoms with Crippen molar-refractivity contribution in [3.8, 4) is 0 Å². The molecule has 1 aliphatic heterocycles. The number of rotatable bonds is 6. The van der Waals surface area contributed by atoms with Crippen molar-refractivity contribution < 1.29 is 0 Å². The average molecular weight is 451 g/mol. The number of likely N-dealkylation sites (N-methyl/N-ethyl adjacent to an activating group) is 1. The molecule has 132 valence electrons. The summed E-state index contributed by atoms with van der Waals surface area (Å²) in [4.78, 5) is 11.9. The fourth-order valence-corrected chi connectivity index (χ4v) is 3.28. The normalized spacial score (nSPS) is 15.7. The molecule has 1 saturated heterocycles. The van der Waals surface area contributed by atoms with Gasteiger partial charge in [-0.25, -0.2) is 0 Å². The largest absolute Gasteiger partial charge is 0.360 e. The molecule has 0 radical (unpaired) electrons. The third-order valence-corrected chi connectivity index (χ3v) is 4.94. The third-order valence-electron chi connectivity index (χ3n) is 4.02. The monoisotopic (exact) mass is 451 g/mol. The molecule has 0 amide bonds. The summed E-state index contributed by atoms with van der Waals surface area (Å²) >= 11 is 1.82. The number of nitrogens with zero attached hydrogens (tertiary/aromatic N) is 4. The van der Waals surface area contributed by atoms with Crippen molar-refractivity contribution in [1.82, 2.24) is 15.1 Å². The Morgan fingerprint density at radius 2 is 2.04 bits per heavy atom. The van der Waals surface area contributed by atoms with Crippen molar-refractivity contribution in [2.45, 2.75) is 13.8 Å². The molecular weight excluding hydrogens is 421 g/mol. The van der Waals surface area contributed by atoms with Gasteiger partial charge in [-0.15, -0.1) is 35.3 Å². The van der Waals surface area contributed by atoms with Crippen molar-refractivity contribution in [1.29, 1.82) is 0 Å². The van der Waals surface area contributed by atoms with E-state index in [1.807, 2.05) is 11.3 Å². The molecule has 1 N–H and O–H groups in total. The molecule has 0 bridgehead atoms. The number of anilines is 1. The van der Waals surface area contributed by atoms with E-state index in [0.717, 1.165) is 58.3 Å². The molecule has 1 aliphatic rings. The highest BCUT2D eigenvalue weighted by Gasteiger charge is 2.20. The Morgan fingerprint density at radius 3 is 2.61 bits per heavy atom. The van der Waals surface area contributed by atoms with E-state index in [9.17, 15) is 0 Å². The number of aliphatic imine (C=N–C) groups is 1. The number of thiophene rings is 1. The van der Waals surface area contributed by atoms with Gasteiger partial charge in [0.2, 0.25) is 0 Å². The van der Waals surface area contributed by atoms with Crippen LogP contribution in [0.1, 0.15) is 13.8 Å². The Hall–Kier alpha value is -0.540. The molecule has 23 heavy (non-hydrogen) atoms. The van der Waals surface area contributed by atoms with Crippen LogP contribution >= 0.6 is 35.3 Å². The van der Waals surface area contributed by atoms with Crippen LogP contribution < -0.4 is 10.2 Å². The number of guanidine groups is 1. The lowest BCUT2D eigenvalue weighted by molar-refractivity contribution is 0.355. The molecule has 2 rings (SSSR count). The first-order valence-electron chi connectivity index (χ1n) is 8.24. The molecule has 0 aliphatic carbocycles. The van der Waals surface area contributed by atoms with E-state index in [2.05, 4.69) is 58.4 Å². The molecule has 0 aromatic carbocycles. The second-order valence-electron chi connectivity index (χ2n) is 5.56. The van der Waals surface area contributed by atoms with Crippen LogP contribution in [0.25, 0.3) is 0 Å². The molecule has 1 aromatic heterocycles. The fraction of sp³-hybridized carbons (Fsp3) is 0.688. The van der Waals surface area contributed by atoms with Gasteiger partial charge in [0, 0.05) is 39.3 Å². The first-order chi connectivity index (χ1) is 10.7. The zero-order valence-corrected chi connectivity index (χ0v) is 17.6. The Balaban J connectivity index is 0.00000264. The summed E-state index contributed by atoms with van der Waals surface area (Å²) in [6.07, 6.45) is 0. The van der Waals surface area contributed by atoms with Gasteiger partial charge in [-0.3, -0.25) is 4.99 Å². The molecule has 0 saturated carbocycles. The van der Waals surface area contributed by atoms with Crippen LogP contribution in [0.5, 0.6) is 0 Å². The minimum absolute atomic E-state index is 0. The van der Waals surface area contributed by atoms with Crippen LogP contribution in [0.3, 0.4) is 0 Å². The van der Waals surface area contributed by atoms with Crippen LogP contribution in [0.15, 0.2) is 22.5 Å². The highest BCUT2D eigenvalue weighted by molar-refractivity contribution is 14.0. The number of halogens is 1. The van der Waals surface area contributed by atoms with Gasteiger partial charge < -0.3 is 20.0 Å². The topological polar surface area (TPSA) is 34.1 Å². The SMILES string of the molecule is CCNC(=NCCN(C)CC)N1CCN(c2cccs2)CC1.I. The molecule has 0 atom stereocenters. The first-order valence-corrected chi connectivity index (χ1v) is 9.12. The van der Waals surface area contributed by atoms with Gasteiger partial charge in [0.15, 0.2) is 5.96 Å². The molecule has 1 fully saturated rings. The van der Waals surface area contributed by atoms with Crippen molar-refractivity contribution in [3.05, 3.63) is 17.5 Å². The molecule has 2 heterocycles. The summed E-state index contributed by atoms with van der Waals surface area (Å²) in [5.41, 5.74) is 0. The molecular formula is C16H30IN5S. The first kappa shape index (κ1) is 20.5. The Bertz CT molecular complexity index is 443. The van der Waals surface area contributed by atoms with E-state index in [1.165, 1.54) is 5.00 Å². The zero-order chi connectivity index (χ0) is 15.8. The maximum absolute atomic E-state index is 4.79. The lowest BCUT2D eigenvalue weighted by Gasteiger charge is -2.37. The molecule has 5 nitrogen and oxygen atoms in total. The van der Waals surface area contributed by atoms with Crippen molar-refractivity contribution in [2.24, 2.45) is 4.99 Å². The lowest BCUT2D eigenvalue weighted by Crippen LogP contribution is -2.52. The van der Waals surface area contributed by atoms with Gasteiger partial charge in [-0.05, 0) is 38.0 Å².